The van der Waals surface area contributed by atoms with Crippen LogP contribution in [0.2, 0.25) is 5.02 Å². The van der Waals surface area contributed by atoms with Crippen LogP contribution in [0.5, 0.6) is 0 Å². The molecule has 0 spiro atoms. The van der Waals surface area contributed by atoms with E-state index in [2.05, 4.69) is 5.32 Å². The van der Waals surface area contributed by atoms with Crippen LogP contribution in [0.3, 0.4) is 0 Å². The second kappa shape index (κ2) is 4.90. The van der Waals surface area contributed by atoms with Crippen LogP contribution in [-0.4, -0.2) is 22.2 Å². The van der Waals surface area contributed by atoms with Gasteiger partial charge in [-0.15, -0.1) is 0 Å². The molecule has 0 aliphatic rings. The number of hydrogen-bond donors (Lipinski definition) is 2. The van der Waals surface area contributed by atoms with E-state index in [9.17, 15) is 9.90 Å². The molecule has 4 heteroatoms. The predicted molar refractivity (Wildman–Crippen MR) is 74.0 cm³/mol. The summed E-state index contributed by atoms with van der Waals surface area (Å²) in [5.41, 5.74) is -0.378. The van der Waals surface area contributed by atoms with Gasteiger partial charge in [-0.05, 0) is 52.3 Å². The van der Waals surface area contributed by atoms with Crippen molar-refractivity contribution in [3.63, 3.8) is 0 Å². The van der Waals surface area contributed by atoms with Crippen LogP contribution in [0, 0.1) is 6.92 Å². The third-order valence-corrected chi connectivity index (χ3v) is 3.63. The van der Waals surface area contributed by atoms with Crippen molar-refractivity contribution in [2.45, 2.75) is 45.8 Å². The van der Waals surface area contributed by atoms with Gasteiger partial charge in [0.1, 0.15) is 0 Å². The molecule has 0 atom stereocenters. The van der Waals surface area contributed by atoms with Crippen LogP contribution in [0.1, 0.15) is 43.6 Å². The molecule has 0 saturated heterocycles. The summed E-state index contributed by atoms with van der Waals surface area (Å²) in [5, 5.41) is 13.4. The van der Waals surface area contributed by atoms with Crippen LogP contribution in [0.15, 0.2) is 18.2 Å². The Morgan fingerprint density at radius 1 is 1.28 bits per heavy atom. The van der Waals surface area contributed by atoms with Crippen LogP contribution in [0.25, 0.3) is 0 Å². The maximum atomic E-state index is 12.2. The van der Waals surface area contributed by atoms with Crippen LogP contribution >= 0.6 is 11.6 Å². The zero-order valence-corrected chi connectivity index (χ0v) is 12.2. The number of halogens is 1. The number of hydrogen-bond acceptors (Lipinski definition) is 2. The van der Waals surface area contributed by atoms with Gasteiger partial charge in [-0.3, -0.25) is 4.79 Å². The summed E-state index contributed by atoms with van der Waals surface area (Å²) in [4.78, 5) is 12.2. The lowest BCUT2D eigenvalue weighted by Gasteiger charge is -2.38. The molecule has 1 rings (SSSR count). The van der Waals surface area contributed by atoms with Gasteiger partial charge in [-0.25, -0.2) is 0 Å². The minimum Gasteiger partial charge on any atom is -0.388 e. The van der Waals surface area contributed by atoms with Crippen molar-refractivity contribution in [1.29, 1.82) is 0 Å². The van der Waals surface area contributed by atoms with Crippen molar-refractivity contribution in [2.24, 2.45) is 0 Å². The van der Waals surface area contributed by atoms with E-state index in [0.717, 1.165) is 5.56 Å². The third kappa shape index (κ3) is 3.24. The molecule has 0 aliphatic heterocycles. The maximum absolute atomic E-state index is 12.2. The Hall–Kier alpha value is -1.06. The van der Waals surface area contributed by atoms with Crippen LogP contribution in [0.4, 0.5) is 0 Å². The molecule has 0 heterocycles. The molecule has 0 aromatic heterocycles. The van der Waals surface area contributed by atoms with E-state index in [0.29, 0.717) is 10.6 Å². The van der Waals surface area contributed by atoms with E-state index >= 15 is 0 Å². The Balaban J connectivity index is 3.00. The van der Waals surface area contributed by atoms with E-state index < -0.39 is 11.1 Å². The first-order chi connectivity index (χ1) is 8.04. The number of aliphatic hydroxyl groups is 1. The lowest BCUT2D eigenvalue weighted by atomic mass is 9.85. The third-order valence-electron chi connectivity index (χ3n) is 3.40. The van der Waals surface area contributed by atoms with Crippen LogP contribution < -0.4 is 5.32 Å². The number of rotatable bonds is 3. The molecular formula is C14H20ClNO2. The highest BCUT2D eigenvalue weighted by atomic mass is 35.5. The van der Waals surface area contributed by atoms with Crippen molar-refractivity contribution in [3.05, 3.63) is 34.3 Å². The Morgan fingerprint density at radius 2 is 1.83 bits per heavy atom. The van der Waals surface area contributed by atoms with E-state index in [4.69, 9.17) is 11.6 Å². The summed E-state index contributed by atoms with van der Waals surface area (Å²) in [6.45, 7) is 8.74. The van der Waals surface area contributed by atoms with E-state index in [-0.39, 0.29) is 5.91 Å². The number of carbonyl (C=O) groups is 1. The van der Waals surface area contributed by atoms with Crippen molar-refractivity contribution >= 4 is 17.5 Å². The van der Waals surface area contributed by atoms with Crippen molar-refractivity contribution < 1.29 is 9.90 Å². The lowest BCUT2D eigenvalue weighted by Crippen LogP contribution is -2.57. The fraction of sp³-hybridized carbons (Fsp3) is 0.500. The number of aryl methyl sites for hydroxylation is 1. The largest absolute Gasteiger partial charge is 0.388 e. The topological polar surface area (TPSA) is 49.3 Å². The smallest absolute Gasteiger partial charge is 0.252 e. The van der Waals surface area contributed by atoms with Gasteiger partial charge < -0.3 is 10.4 Å². The van der Waals surface area contributed by atoms with Gasteiger partial charge in [-0.2, -0.15) is 0 Å². The molecule has 0 saturated carbocycles. The fourth-order valence-electron chi connectivity index (χ4n) is 1.34. The monoisotopic (exact) mass is 269 g/mol. The molecule has 1 aromatic carbocycles. The Kier molecular flexibility index (Phi) is 4.08. The SMILES string of the molecule is Cc1ccc(Cl)cc1C(=O)NC(C)(C)C(C)(C)O. The molecule has 0 aliphatic carbocycles. The van der Waals surface area contributed by atoms with E-state index in [1.807, 2.05) is 6.92 Å². The Morgan fingerprint density at radius 3 is 2.33 bits per heavy atom. The second-order valence-electron chi connectivity index (χ2n) is 5.60. The molecule has 1 aromatic rings. The van der Waals surface area contributed by atoms with Gasteiger partial charge >= 0.3 is 0 Å². The Bertz CT molecular complexity index is 461. The quantitative estimate of drug-likeness (QED) is 0.886. The summed E-state index contributed by atoms with van der Waals surface area (Å²) in [6, 6.07) is 5.18. The second-order valence-corrected chi connectivity index (χ2v) is 6.03. The predicted octanol–water partition coefficient (Wildman–Crippen LogP) is 2.93. The summed E-state index contributed by atoms with van der Waals surface area (Å²) in [5.74, 6) is -0.234. The number of carbonyl (C=O) groups excluding carboxylic acids is 1. The molecule has 18 heavy (non-hydrogen) atoms. The van der Waals surface area contributed by atoms with Gasteiger partial charge in [0.15, 0.2) is 0 Å². The van der Waals surface area contributed by atoms with Gasteiger partial charge in [0.2, 0.25) is 0 Å². The fourth-order valence-corrected chi connectivity index (χ4v) is 1.52. The first-order valence-electron chi connectivity index (χ1n) is 5.85. The highest BCUT2D eigenvalue weighted by molar-refractivity contribution is 6.31. The standard InChI is InChI=1S/C14H20ClNO2/c1-9-6-7-10(15)8-11(9)12(17)16-13(2,3)14(4,5)18/h6-8,18H,1-5H3,(H,16,17). The van der Waals surface area contributed by atoms with Gasteiger partial charge in [-0.1, -0.05) is 17.7 Å². The highest BCUT2D eigenvalue weighted by Gasteiger charge is 2.36. The van der Waals surface area contributed by atoms with E-state index in [1.165, 1.54) is 0 Å². The highest BCUT2D eigenvalue weighted by Crippen LogP contribution is 2.22. The summed E-state index contributed by atoms with van der Waals surface area (Å²) in [7, 11) is 0. The zero-order chi connectivity index (χ0) is 14.1. The minimum absolute atomic E-state index is 0.234. The van der Waals surface area contributed by atoms with Crippen molar-refractivity contribution in [2.75, 3.05) is 0 Å². The maximum Gasteiger partial charge on any atom is 0.252 e. The molecule has 3 nitrogen and oxygen atoms in total. The summed E-state index contributed by atoms with van der Waals surface area (Å²) >= 11 is 5.89. The van der Waals surface area contributed by atoms with Gasteiger partial charge in [0.25, 0.3) is 5.91 Å². The summed E-state index contributed by atoms with van der Waals surface area (Å²) < 4.78 is 0. The molecule has 2 N–H and O–H groups in total. The zero-order valence-electron chi connectivity index (χ0n) is 11.5. The number of benzene rings is 1. The van der Waals surface area contributed by atoms with Crippen molar-refractivity contribution in [3.8, 4) is 0 Å². The first-order valence-corrected chi connectivity index (χ1v) is 6.23. The van der Waals surface area contributed by atoms with Crippen molar-refractivity contribution in [1.82, 2.24) is 5.32 Å². The van der Waals surface area contributed by atoms with Gasteiger partial charge in [0.05, 0.1) is 11.1 Å². The number of nitrogens with one attached hydrogen (secondary N) is 1. The average molecular weight is 270 g/mol. The molecule has 0 bridgehead atoms. The molecule has 0 radical (unpaired) electrons. The van der Waals surface area contributed by atoms with Crippen LogP contribution in [-0.2, 0) is 0 Å². The Labute approximate surface area is 113 Å². The lowest BCUT2D eigenvalue weighted by molar-refractivity contribution is -0.00294. The molecule has 1 amide bonds. The van der Waals surface area contributed by atoms with E-state index in [1.54, 1.807) is 45.9 Å². The molecule has 100 valence electrons. The molecule has 0 fully saturated rings. The average Bonchev–Trinajstić information content (AvgIpc) is 2.19. The minimum atomic E-state index is -1.02. The van der Waals surface area contributed by atoms with Gasteiger partial charge in [0, 0.05) is 10.6 Å². The molecular weight excluding hydrogens is 250 g/mol. The first kappa shape index (κ1) is 15.0. The number of amides is 1. The molecule has 0 unspecified atom stereocenters. The summed E-state index contributed by atoms with van der Waals surface area (Å²) in [6.07, 6.45) is 0. The normalized spacial score (nSPS) is 12.4.